The summed E-state index contributed by atoms with van der Waals surface area (Å²) in [5.74, 6) is 1.18. The van der Waals surface area contributed by atoms with E-state index in [9.17, 15) is 23.2 Å². The zero-order valence-electron chi connectivity index (χ0n) is 21.8. The molecule has 5 aliphatic heterocycles. The molecule has 7 nitrogen and oxygen atoms in total. The molecule has 7 unspecified atom stereocenters. The smallest absolute Gasteiger partial charge is 0.194 e. The van der Waals surface area contributed by atoms with Gasteiger partial charge in [0.1, 0.15) is 16.2 Å². The molecule has 1 aliphatic carbocycles. The van der Waals surface area contributed by atoms with Crippen molar-refractivity contribution in [2.45, 2.75) is 80.3 Å². The normalized spacial score (nSPS) is 42.3. The molecular formula is C29H38N2O5S. The number of aliphatic hydroxyl groups excluding tert-OH is 2. The summed E-state index contributed by atoms with van der Waals surface area (Å²) in [6.07, 6.45) is 3.84. The molecule has 0 amide bonds. The van der Waals surface area contributed by atoms with Crippen LogP contribution in [0.5, 0.6) is 0 Å². The van der Waals surface area contributed by atoms with Crippen LogP contribution in [-0.4, -0.2) is 71.7 Å². The molecule has 1 spiro atoms. The van der Waals surface area contributed by atoms with Gasteiger partial charge in [-0.05, 0) is 42.5 Å². The van der Waals surface area contributed by atoms with Gasteiger partial charge in [-0.15, -0.1) is 0 Å². The lowest BCUT2D eigenvalue weighted by atomic mass is 9.60. The molecule has 4 saturated heterocycles. The Morgan fingerprint density at radius 3 is 2.35 bits per heavy atom. The maximum Gasteiger partial charge on any atom is 0.194 e. The van der Waals surface area contributed by atoms with Crippen LogP contribution in [0.3, 0.4) is 0 Å². The van der Waals surface area contributed by atoms with Crippen molar-refractivity contribution in [3.05, 3.63) is 60.2 Å². The fourth-order valence-electron chi connectivity index (χ4n) is 9.81. The molecule has 37 heavy (non-hydrogen) atoms. The molecular weight excluding hydrogens is 488 g/mol. The Bertz CT molecular complexity index is 1290. The van der Waals surface area contributed by atoms with Crippen LogP contribution in [0.15, 0.2) is 59.5 Å². The maximum atomic E-state index is 11.9. The average molecular weight is 527 g/mol. The van der Waals surface area contributed by atoms with Crippen molar-refractivity contribution in [1.29, 1.82) is 0 Å². The van der Waals surface area contributed by atoms with Crippen LogP contribution in [0.25, 0.3) is 0 Å². The summed E-state index contributed by atoms with van der Waals surface area (Å²) in [4.78, 5) is 2.29. The van der Waals surface area contributed by atoms with Crippen LogP contribution in [0, 0.1) is 17.8 Å². The van der Waals surface area contributed by atoms with Gasteiger partial charge in [0.05, 0.1) is 35.0 Å². The summed E-state index contributed by atoms with van der Waals surface area (Å²) in [5.41, 5.74) is 2.56. The van der Waals surface area contributed by atoms with Gasteiger partial charge in [0, 0.05) is 37.4 Å². The molecule has 6 aliphatic rings. The first-order valence-corrected chi connectivity index (χ1v) is 15.1. The molecule has 8 heteroatoms. The lowest BCUT2D eigenvalue weighted by Crippen LogP contribution is -2.83. The molecule has 2 N–H and O–H groups in total. The number of hydrogen-bond donors (Lipinski definition) is 2. The third-order valence-electron chi connectivity index (χ3n) is 10.8. The molecule has 2 aromatic carbocycles. The number of quaternary nitrogens is 1. The molecule has 1 saturated carbocycles. The number of para-hydroxylation sites is 1. The van der Waals surface area contributed by atoms with E-state index in [-0.39, 0.29) is 22.6 Å². The second-order valence-electron chi connectivity index (χ2n) is 11.8. The lowest BCUT2D eigenvalue weighted by molar-refractivity contribution is -1.04. The van der Waals surface area contributed by atoms with Crippen LogP contribution in [0.4, 0.5) is 5.69 Å². The number of benzene rings is 2. The minimum atomic E-state index is -4.25. The Labute approximate surface area is 220 Å². The largest absolute Gasteiger partial charge is 0.744 e. The number of aliphatic hydroxyl groups is 2. The quantitative estimate of drug-likeness (QED) is 0.469. The van der Waals surface area contributed by atoms with Gasteiger partial charge in [-0.25, -0.2) is 8.42 Å². The summed E-state index contributed by atoms with van der Waals surface area (Å²) in [7, 11) is -2.02. The van der Waals surface area contributed by atoms with Gasteiger partial charge in [-0.1, -0.05) is 50.2 Å². The Morgan fingerprint density at radius 1 is 1.05 bits per heavy atom. The zero-order valence-corrected chi connectivity index (χ0v) is 22.6. The van der Waals surface area contributed by atoms with Crippen molar-refractivity contribution < 1.29 is 27.7 Å². The summed E-state index contributed by atoms with van der Waals surface area (Å²) < 4.78 is 31.7. The van der Waals surface area contributed by atoms with Gasteiger partial charge in [0.2, 0.25) is 0 Å². The summed E-state index contributed by atoms with van der Waals surface area (Å²) in [5, 5.41) is 23.6. The van der Waals surface area contributed by atoms with Gasteiger partial charge in [0.15, 0.2) is 6.23 Å². The molecule has 0 aromatic heterocycles. The Morgan fingerprint density at radius 2 is 1.73 bits per heavy atom. The van der Waals surface area contributed by atoms with E-state index in [2.05, 4.69) is 50.1 Å². The van der Waals surface area contributed by atoms with Crippen molar-refractivity contribution in [1.82, 2.24) is 0 Å². The molecule has 10 atom stereocenters. The third kappa shape index (κ3) is 3.11. The first-order chi connectivity index (χ1) is 17.6. The lowest BCUT2D eigenvalue weighted by Gasteiger charge is -2.68. The van der Waals surface area contributed by atoms with Crippen molar-refractivity contribution in [2.24, 2.45) is 17.8 Å². The van der Waals surface area contributed by atoms with E-state index >= 15 is 0 Å². The molecule has 5 fully saturated rings. The van der Waals surface area contributed by atoms with Crippen molar-refractivity contribution >= 4 is 15.8 Å². The highest BCUT2D eigenvalue weighted by atomic mass is 32.2. The monoisotopic (exact) mass is 526 g/mol. The van der Waals surface area contributed by atoms with Gasteiger partial charge < -0.3 is 19.7 Å². The number of fused-ring (bicyclic) bond motifs is 2. The van der Waals surface area contributed by atoms with Gasteiger partial charge >= 0.3 is 0 Å². The number of anilines is 1. The predicted octanol–water partition coefficient (Wildman–Crippen LogP) is 3.07. The highest BCUT2D eigenvalue weighted by molar-refractivity contribution is 7.85. The highest BCUT2D eigenvalue weighted by Gasteiger charge is 2.82. The number of rotatable bonds is 4. The average Bonchev–Trinajstić information content (AvgIpc) is 3.27. The molecule has 2 aromatic rings. The zero-order chi connectivity index (χ0) is 26.3. The van der Waals surface area contributed by atoms with E-state index in [1.165, 1.54) is 41.9 Å². The van der Waals surface area contributed by atoms with E-state index < -0.39 is 10.1 Å². The van der Waals surface area contributed by atoms with Gasteiger partial charge in [0.25, 0.3) is 0 Å². The Hall–Kier alpha value is -1.97. The molecule has 200 valence electrons. The van der Waals surface area contributed by atoms with E-state index in [0.717, 1.165) is 30.3 Å². The van der Waals surface area contributed by atoms with Crippen LogP contribution in [0.2, 0.25) is 0 Å². The second kappa shape index (κ2) is 8.52. The van der Waals surface area contributed by atoms with Crippen molar-refractivity contribution in [3.8, 4) is 0 Å². The van der Waals surface area contributed by atoms with Crippen LogP contribution < -0.4 is 4.90 Å². The molecule has 5 heterocycles. The number of piperidine rings is 4. The molecule has 8 rings (SSSR count). The van der Waals surface area contributed by atoms with E-state index in [1.807, 2.05) is 0 Å². The second-order valence-corrected chi connectivity index (χ2v) is 13.2. The molecule has 5 bridgehead atoms. The standard InChI is InChI=1S/C23H33N2O2.C6H6O3S/c1-4-10-25-17-11-14(13(5-2)22(25)27)19-18(25)12-23(21(19)26)15-8-6-7-9-16(15)24(3)20(17)23;7-10(8,9)6-4-2-1-3-5-6/h6-9,13-14,17-22,26-27H,4-5,10-12H2,1-3H3;1-5H,(H,7,8,9)/q+1;/p-1/t13?,14-,17+,18?,19?,20?,21?,22-,23?,25?;/m1./s1. The SMILES string of the molecule is CCC[N+]12C3CC45c6ccccc6N(C)C4[C@@H]1C[C@@H](C3C5O)C(CC)[C@H]2O.O=S(=O)([O-])c1ccccc1. The summed E-state index contributed by atoms with van der Waals surface area (Å²) in [6, 6.07) is 17.2. The van der Waals surface area contributed by atoms with Gasteiger partial charge in [-0.2, -0.15) is 0 Å². The summed E-state index contributed by atoms with van der Waals surface area (Å²) >= 11 is 0. The number of hydrogen-bond acceptors (Lipinski definition) is 6. The third-order valence-corrected chi connectivity index (χ3v) is 11.6. The van der Waals surface area contributed by atoms with Crippen LogP contribution in [-0.2, 0) is 15.5 Å². The fraction of sp³-hybridized carbons (Fsp3) is 0.586. The highest BCUT2D eigenvalue weighted by Crippen LogP contribution is 2.71. The fourth-order valence-corrected chi connectivity index (χ4v) is 10.3. The Balaban J connectivity index is 0.000000214. The summed E-state index contributed by atoms with van der Waals surface area (Å²) in [6.45, 7) is 5.56. The first-order valence-electron chi connectivity index (χ1n) is 13.7. The predicted molar refractivity (Wildman–Crippen MR) is 140 cm³/mol. The van der Waals surface area contributed by atoms with E-state index in [0.29, 0.717) is 35.9 Å². The van der Waals surface area contributed by atoms with Crippen LogP contribution >= 0.6 is 0 Å². The molecule has 0 radical (unpaired) electrons. The minimum Gasteiger partial charge on any atom is -0.744 e. The van der Waals surface area contributed by atoms with Crippen LogP contribution in [0.1, 0.15) is 45.1 Å². The first kappa shape index (κ1) is 25.3. The van der Waals surface area contributed by atoms with E-state index in [1.54, 1.807) is 6.07 Å². The van der Waals surface area contributed by atoms with E-state index in [4.69, 9.17) is 0 Å². The Kier molecular flexibility index (Phi) is 5.83. The topological polar surface area (TPSA) is 101 Å². The minimum absolute atomic E-state index is 0.127. The van der Waals surface area contributed by atoms with Gasteiger partial charge in [-0.3, -0.25) is 4.48 Å². The van der Waals surface area contributed by atoms with Crippen molar-refractivity contribution in [3.63, 3.8) is 0 Å². The van der Waals surface area contributed by atoms with Crippen molar-refractivity contribution in [2.75, 3.05) is 18.5 Å². The number of nitrogens with zero attached hydrogens (tertiary/aromatic N) is 2. The number of likely N-dealkylation sites (N-methyl/N-ethyl adjacent to an activating group) is 1. The maximum absolute atomic E-state index is 11.9.